The van der Waals surface area contributed by atoms with Crippen LogP contribution in [0.3, 0.4) is 0 Å². The van der Waals surface area contributed by atoms with E-state index in [1.807, 2.05) is 18.2 Å². The van der Waals surface area contributed by atoms with Crippen LogP contribution < -0.4 is 4.74 Å². The van der Waals surface area contributed by atoms with Crippen LogP contribution >= 0.6 is 11.3 Å². The van der Waals surface area contributed by atoms with Crippen molar-refractivity contribution in [1.82, 2.24) is 9.88 Å². The summed E-state index contributed by atoms with van der Waals surface area (Å²) in [5.41, 5.74) is 2.22. The molecule has 0 amide bonds. The number of rotatable bonds is 10. The van der Waals surface area contributed by atoms with E-state index in [0.29, 0.717) is 0 Å². The maximum atomic E-state index is 5.86. The SMILES string of the molecule is CCN(CC)CCCCOc1ccc(/C=C/c2nc3ccccc3s2)cc1. The number of unbranched alkanes of at least 4 members (excludes halogenated alkanes) is 1. The van der Waals surface area contributed by atoms with Gasteiger partial charge in [-0.05, 0) is 68.4 Å². The minimum absolute atomic E-state index is 0.780. The van der Waals surface area contributed by atoms with Gasteiger partial charge < -0.3 is 9.64 Å². The third-order valence-electron chi connectivity index (χ3n) is 4.64. The van der Waals surface area contributed by atoms with Gasteiger partial charge in [0.05, 0.1) is 16.8 Å². The average Bonchev–Trinajstić information content (AvgIpc) is 3.13. The first-order chi connectivity index (χ1) is 13.3. The molecule has 0 N–H and O–H groups in total. The van der Waals surface area contributed by atoms with Crippen molar-refractivity contribution < 1.29 is 4.74 Å². The molecule has 0 saturated heterocycles. The number of para-hydroxylation sites is 1. The molecule has 0 bridgehead atoms. The molecule has 3 rings (SSSR count). The molecule has 2 aromatic carbocycles. The minimum atomic E-state index is 0.780. The van der Waals surface area contributed by atoms with Gasteiger partial charge in [-0.1, -0.05) is 44.2 Å². The van der Waals surface area contributed by atoms with E-state index in [1.165, 1.54) is 11.1 Å². The molecule has 3 aromatic rings. The van der Waals surface area contributed by atoms with Gasteiger partial charge in [0, 0.05) is 0 Å². The third-order valence-corrected chi connectivity index (χ3v) is 5.64. The zero-order chi connectivity index (χ0) is 18.9. The molecule has 142 valence electrons. The van der Waals surface area contributed by atoms with Crippen LogP contribution in [0.4, 0.5) is 0 Å². The smallest absolute Gasteiger partial charge is 0.119 e. The van der Waals surface area contributed by atoms with Crippen molar-refractivity contribution in [2.75, 3.05) is 26.2 Å². The van der Waals surface area contributed by atoms with Crippen molar-refractivity contribution >= 4 is 33.7 Å². The summed E-state index contributed by atoms with van der Waals surface area (Å²) in [6.07, 6.45) is 6.46. The standard InChI is InChI=1S/C23H28N2OS/c1-3-25(4-2)17-7-8-18-26-20-14-11-19(12-15-20)13-16-23-24-21-9-5-6-10-22(21)27-23/h5-6,9-16H,3-4,7-8,17-18H2,1-2H3/b16-13+. The number of thiazole rings is 1. The summed E-state index contributed by atoms with van der Waals surface area (Å²) >= 11 is 1.71. The van der Waals surface area contributed by atoms with E-state index in [1.54, 1.807) is 11.3 Å². The molecule has 0 atom stereocenters. The molecule has 0 fully saturated rings. The number of benzene rings is 2. The number of hydrogen-bond acceptors (Lipinski definition) is 4. The van der Waals surface area contributed by atoms with Crippen LogP contribution in [0.5, 0.6) is 5.75 Å². The summed E-state index contributed by atoms with van der Waals surface area (Å²) in [6.45, 7) is 8.63. The first-order valence-corrected chi connectivity index (χ1v) is 10.6. The van der Waals surface area contributed by atoms with Gasteiger partial charge in [0.15, 0.2) is 0 Å². The van der Waals surface area contributed by atoms with Gasteiger partial charge in [-0.2, -0.15) is 0 Å². The van der Waals surface area contributed by atoms with Gasteiger partial charge in [0.25, 0.3) is 0 Å². The second-order valence-electron chi connectivity index (χ2n) is 6.50. The number of hydrogen-bond donors (Lipinski definition) is 0. The zero-order valence-electron chi connectivity index (χ0n) is 16.2. The Bertz CT molecular complexity index is 817. The average molecular weight is 381 g/mol. The molecular weight excluding hydrogens is 352 g/mol. The van der Waals surface area contributed by atoms with E-state index in [0.717, 1.165) is 54.5 Å². The summed E-state index contributed by atoms with van der Waals surface area (Å²) in [5.74, 6) is 0.940. The highest BCUT2D eigenvalue weighted by Gasteiger charge is 2.01. The van der Waals surface area contributed by atoms with Gasteiger partial charge in [0.2, 0.25) is 0 Å². The maximum absolute atomic E-state index is 5.86. The van der Waals surface area contributed by atoms with Crippen LogP contribution in [0.2, 0.25) is 0 Å². The Hall–Kier alpha value is -2.17. The van der Waals surface area contributed by atoms with Crippen LogP contribution in [0.15, 0.2) is 48.5 Å². The Labute approximate surface area is 166 Å². The van der Waals surface area contributed by atoms with Crippen molar-refractivity contribution in [3.05, 3.63) is 59.1 Å². The molecule has 0 aliphatic carbocycles. The number of nitrogens with zero attached hydrogens (tertiary/aromatic N) is 2. The van der Waals surface area contributed by atoms with Crippen molar-refractivity contribution in [2.24, 2.45) is 0 Å². The second kappa shape index (κ2) is 10.2. The molecule has 4 heteroatoms. The van der Waals surface area contributed by atoms with E-state index >= 15 is 0 Å². The Kier molecular flexibility index (Phi) is 7.43. The van der Waals surface area contributed by atoms with E-state index in [9.17, 15) is 0 Å². The fourth-order valence-corrected chi connectivity index (χ4v) is 3.84. The summed E-state index contributed by atoms with van der Waals surface area (Å²) < 4.78 is 7.08. The van der Waals surface area contributed by atoms with E-state index in [4.69, 9.17) is 4.74 Å². The van der Waals surface area contributed by atoms with Crippen LogP contribution in [-0.2, 0) is 0 Å². The molecule has 0 aliphatic rings. The highest BCUT2D eigenvalue weighted by atomic mass is 32.1. The van der Waals surface area contributed by atoms with Crippen molar-refractivity contribution in [3.63, 3.8) is 0 Å². The fourth-order valence-electron chi connectivity index (χ4n) is 2.97. The highest BCUT2D eigenvalue weighted by Crippen LogP contribution is 2.23. The molecule has 3 nitrogen and oxygen atoms in total. The lowest BCUT2D eigenvalue weighted by Gasteiger charge is -2.17. The van der Waals surface area contributed by atoms with Gasteiger partial charge >= 0.3 is 0 Å². The summed E-state index contributed by atoms with van der Waals surface area (Å²) in [5, 5.41) is 1.03. The first kappa shape index (κ1) is 19.6. The molecule has 0 radical (unpaired) electrons. The summed E-state index contributed by atoms with van der Waals surface area (Å²) in [4.78, 5) is 7.08. The van der Waals surface area contributed by atoms with E-state index < -0.39 is 0 Å². The molecule has 0 spiro atoms. The summed E-state index contributed by atoms with van der Waals surface area (Å²) in [6, 6.07) is 16.5. The van der Waals surface area contributed by atoms with Crippen molar-refractivity contribution in [1.29, 1.82) is 0 Å². The predicted molar refractivity (Wildman–Crippen MR) is 118 cm³/mol. The van der Waals surface area contributed by atoms with Crippen LogP contribution in [0.25, 0.3) is 22.4 Å². The monoisotopic (exact) mass is 380 g/mol. The highest BCUT2D eigenvalue weighted by molar-refractivity contribution is 7.19. The van der Waals surface area contributed by atoms with E-state index in [2.05, 4.69) is 66.2 Å². The molecule has 1 heterocycles. The molecule has 0 aliphatic heterocycles. The molecule has 27 heavy (non-hydrogen) atoms. The lowest BCUT2D eigenvalue weighted by atomic mass is 10.2. The molecule has 1 aromatic heterocycles. The van der Waals surface area contributed by atoms with Crippen molar-refractivity contribution in [3.8, 4) is 5.75 Å². The molecule has 0 saturated carbocycles. The Balaban J connectivity index is 1.45. The Morgan fingerprint density at radius 3 is 2.48 bits per heavy atom. The van der Waals surface area contributed by atoms with Gasteiger partial charge in [-0.3, -0.25) is 0 Å². The minimum Gasteiger partial charge on any atom is -0.494 e. The predicted octanol–water partition coefficient (Wildman–Crippen LogP) is 5.97. The number of ether oxygens (including phenoxy) is 1. The van der Waals surface area contributed by atoms with Gasteiger partial charge in [0.1, 0.15) is 10.8 Å². The second-order valence-corrected chi connectivity index (χ2v) is 7.57. The summed E-state index contributed by atoms with van der Waals surface area (Å²) in [7, 11) is 0. The lowest BCUT2D eigenvalue weighted by Crippen LogP contribution is -2.24. The maximum Gasteiger partial charge on any atom is 0.119 e. The Morgan fingerprint density at radius 1 is 0.963 bits per heavy atom. The van der Waals surface area contributed by atoms with Gasteiger partial charge in [-0.25, -0.2) is 4.98 Å². The number of fused-ring (bicyclic) bond motifs is 1. The van der Waals surface area contributed by atoms with E-state index in [-0.39, 0.29) is 0 Å². The third kappa shape index (κ3) is 5.91. The van der Waals surface area contributed by atoms with Gasteiger partial charge in [-0.15, -0.1) is 11.3 Å². The first-order valence-electron chi connectivity index (χ1n) is 9.77. The normalized spacial score (nSPS) is 11.7. The zero-order valence-corrected chi connectivity index (χ0v) is 17.0. The molecular formula is C23H28N2OS. The topological polar surface area (TPSA) is 25.4 Å². The fraction of sp³-hybridized carbons (Fsp3) is 0.348. The quantitative estimate of drug-likeness (QED) is 0.405. The Morgan fingerprint density at radius 2 is 1.74 bits per heavy atom. The van der Waals surface area contributed by atoms with Crippen LogP contribution in [0.1, 0.15) is 37.3 Å². The van der Waals surface area contributed by atoms with Crippen LogP contribution in [0, 0.1) is 0 Å². The lowest BCUT2D eigenvalue weighted by molar-refractivity contribution is 0.266. The van der Waals surface area contributed by atoms with Crippen molar-refractivity contribution in [2.45, 2.75) is 26.7 Å². The van der Waals surface area contributed by atoms with Crippen LogP contribution in [-0.4, -0.2) is 36.1 Å². The molecule has 0 unspecified atom stereocenters. The largest absolute Gasteiger partial charge is 0.494 e. The number of aromatic nitrogens is 1.